The van der Waals surface area contributed by atoms with Crippen LogP contribution >= 0.6 is 23.2 Å². The molecule has 3 rings (SSSR count). The summed E-state index contributed by atoms with van der Waals surface area (Å²) in [6.07, 6.45) is 3.10. The lowest BCUT2D eigenvalue weighted by Crippen LogP contribution is -2.08. The Morgan fingerprint density at radius 3 is 2.52 bits per heavy atom. The van der Waals surface area contributed by atoms with Crippen molar-refractivity contribution < 1.29 is 14.3 Å². The maximum Gasteiger partial charge on any atom is 0.248 e. The summed E-state index contributed by atoms with van der Waals surface area (Å²) in [6.45, 7) is 0.441. The molecule has 0 aromatic heterocycles. The largest absolute Gasteiger partial charge is 0.493 e. The first-order valence-corrected chi connectivity index (χ1v) is 9.59. The van der Waals surface area contributed by atoms with E-state index in [2.05, 4.69) is 5.32 Å². The van der Waals surface area contributed by atoms with Crippen LogP contribution in [0.5, 0.6) is 11.5 Å². The average molecular weight is 428 g/mol. The molecule has 0 unspecified atom stereocenters. The molecule has 0 fully saturated rings. The Morgan fingerprint density at radius 2 is 1.79 bits per heavy atom. The number of methoxy groups -OCH3 is 1. The minimum Gasteiger partial charge on any atom is -0.493 e. The first-order chi connectivity index (χ1) is 14.0. The summed E-state index contributed by atoms with van der Waals surface area (Å²) >= 11 is 11.9. The lowest BCUT2D eigenvalue weighted by molar-refractivity contribution is -0.111. The highest BCUT2D eigenvalue weighted by Crippen LogP contribution is 2.29. The minimum absolute atomic E-state index is 0.308. The first-order valence-electron chi connectivity index (χ1n) is 8.84. The number of amides is 1. The van der Waals surface area contributed by atoms with Gasteiger partial charge in [0.25, 0.3) is 0 Å². The van der Waals surface area contributed by atoms with Crippen molar-refractivity contribution in [3.05, 3.63) is 94.0 Å². The van der Waals surface area contributed by atoms with Crippen molar-refractivity contribution in [2.45, 2.75) is 6.61 Å². The highest BCUT2D eigenvalue weighted by molar-refractivity contribution is 6.36. The molecule has 6 heteroatoms. The molecule has 0 bridgehead atoms. The van der Waals surface area contributed by atoms with Crippen LogP contribution in [0.15, 0.2) is 72.8 Å². The molecule has 0 radical (unpaired) electrons. The second-order valence-electron chi connectivity index (χ2n) is 6.13. The molecule has 3 aromatic rings. The Labute approximate surface area is 179 Å². The number of nitrogens with one attached hydrogen (secondary N) is 1. The maximum absolute atomic E-state index is 12.2. The molecular formula is C23H19Cl2NO3. The summed E-state index contributed by atoms with van der Waals surface area (Å²) in [4.78, 5) is 12.2. The van der Waals surface area contributed by atoms with Gasteiger partial charge in [0.2, 0.25) is 5.91 Å². The third-order valence-electron chi connectivity index (χ3n) is 4.04. The van der Waals surface area contributed by atoms with E-state index in [-0.39, 0.29) is 5.91 Å². The van der Waals surface area contributed by atoms with Crippen molar-refractivity contribution in [2.75, 3.05) is 12.4 Å². The van der Waals surface area contributed by atoms with Gasteiger partial charge in [0, 0.05) is 11.1 Å². The van der Waals surface area contributed by atoms with Gasteiger partial charge in [-0.3, -0.25) is 4.79 Å². The Morgan fingerprint density at radius 1 is 1.00 bits per heavy atom. The third kappa shape index (κ3) is 6.01. The van der Waals surface area contributed by atoms with Gasteiger partial charge in [0.05, 0.1) is 17.8 Å². The van der Waals surface area contributed by atoms with Crippen LogP contribution in [0.25, 0.3) is 6.08 Å². The number of carbonyl (C=O) groups is 1. The van der Waals surface area contributed by atoms with Gasteiger partial charge in [-0.1, -0.05) is 59.6 Å². The fourth-order valence-electron chi connectivity index (χ4n) is 2.58. The van der Waals surface area contributed by atoms with Crippen LogP contribution in [0, 0.1) is 0 Å². The summed E-state index contributed by atoms with van der Waals surface area (Å²) in [6, 6.07) is 20.2. The number of halogens is 2. The zero-order chi connectivity index (χ0) is 20.6. The van der Waals surface area contributed by atoms with Gasteiger partial charge in [0.1, 0.15) is 6.61 Å². The van der Waals surface area contributed by atoms with Crippen LogP contribution in [0.3, 0.4) is 0 Å². The van der Waals surface area contributed by atoms with Crippen molar-refractivity contribution in [3.8, 4) is 11.5 Å². The van der Waals surface area contributed by atoms with E-state index in [1.807, 2.05) is 42.5 Å². The molecule has 148 valence electrons. The van der Waals surface area contributed by atoms with E-state index in [0.717, 1.165) is 11.1 Å². The van der Waals surface area contributed by atoms with E-state index in [0.29, 0.717) is 33.8 Å². The minimum atomic E-state index is -0.308. The standard InChI is InChI=1S/C23H19Cl2NO3/c1-28-22-13-16(7-11-21(22)29-15-17-5-3-2-4-6-17)8-12-23(27)26-20-10-9-18(24)14-19(20)25/h2-14H,15H2,1H3,(H,26,27)/b12-8+. The van der Waals surface area contributed by atoms with Crippen LogP contribution in [0.4, 0.5) is 5.69 Å². The predicted molar refractivity (Wildman–Crippen MR) is 118 cm³/mol. The lowest BCUT2D eigenvalue weighted by Gasteiger charge is -2.11. The van der Waals surface area contributed by atoms with Crippen LogP contribution in [-0.4, -0.2) is 13.0 Å². The molecule has 29 heavy (non-hydrogen) atoms. The van der Waals surface area contributed by atoms with Gasteiger partial charge >= 0.3 is 0 Å². The smallest absolute Gasteiger partial charge is 0.248 e. The Bertz CT molecular complexity index is 1020. The maximum atomic E-state index is 12.2. The second-order valence-corrected chi connectivity index (χ2v) is 6.97. The molecule has 0 aliphatic rings. The number of ether oxygens (including phenoxy) is 2. The fraction of sp³-hybridized carbons (Fsp3) is 0.0870. The van der Waals surface area contributed by atoms with E-state index in [9.17, 15) is 4.79 Å². The summed E-state index contributed by atoms with van der Waals surface area (Å²) in [5.41, 5.74) is 2.36. The molecule has 0 atom stereocenters. The molecular weight excluding hydrogens is 409 g/mol. The van der Waals surface area contributed by atoms with Crippen molar-refractivity contribution in [3.63, 3.8) is 0 Å². The van der Waals surface area contributed by atoms with Crippen LogP contribution in [0.2, 0.25) is 10.0 Å². The highest BCUT2D eigenvalue weighted by atomic mass is 35.5. The van der Waals surface area contributed by atoms with Gasteiger partial charge in [0.15, 0.2) is 11.5 Å². The molecule has 1 N–H and O–H groups in total. The first kappa shape index (κ1) is 20.8. The number of anilines is 1. The van der Waals surface area contributed by atoms with E-state index >= 15 is 0 Å². The van der Waals surface area contributed by atoms with Crippen LogP contribution < -0.4 is 14.8 Å². The number of rotatable bonds is 7. The predicted octanol–water partition coefficient (Wildman–Crippen LogP) is 6.23. The monoisotopic (exact) mass is 427 g/mol. The molecule has 3 aromatic carbocycles. The van der Waals surface area contributed by atoms with Crippen molar-refractivity contribution in [1.29, 1.82) is 0 Å². The van der Waals surface area contributed by atoms with Crippen molar-refractivity contribution in [2.24, 2.45) is 0 Å². The zero-order valence-corrected chi connectivity index (χ0v) is 17.2. The summed E-state index contributed by atoms with van der Waals surface area (Å²) < 4.78 is 11.3. The Hall–Kier alpha value is -2.95. The molecule has 0 aliphatic carbocycles. The summed E-state index contributed by atoms with van der Waals surface area (Å²) in [5, 5.41) is 3.59. The topological polar surface area (TPSA) is 47.6 Å². The third-order valence-corrected chi connectivity index (χ3v) is 4.59. The van der Waals surface area contributed by atoms with E-state index < -0.39 is 0 Å². The van der Waals surface area contributed by atoms with E-state index in [4.69, 9.17) is 32.7 Å². The quantitative estimate of drug-likeness (QED) is 0.454. The highest BCUT2D eigenvalue weighted by Gasteiger charge is 2.07. The fourth-order valence-corrected chi connectivity index (χ4v) is 3.04. The molecule has 0 spiro atoms. The molecule has 0 saturated heterocycles. The van der Waals surface area contributed by atoms with Crippen LogP contribution in [0.1, 0.15) is 11.1 Å². The van der Waals surface area contributed by atoms with Crippen molar-refractivity contribution >= 4 is 40.9 Å². The molecule has 0 heterocycles. The summed E-state index contributed by atoms with van der Waals surface area (Å²) in [5.74, 6) is 0.910. The van der Waals surface area contributed by atoms with E-state index in [1.165, 1.54) is 6.08 Å². The number of hydrogen-bond donors (Lipinski definition) is 1. The normalized spacial score (nSPS) is 10.7. The van der Waals surface area contributed by atoms with Gasteiger partial charge in [-0.2, -0.15) is 0 Å². The van der Waals surface area contributed by atoms with Gasteiger partial charge < -0.3 is 14.8 Å². The van der Waals surface area contributed by atoms with Gasteiger partial charge in [-0.15, -0.1) is 0 Å². The number of benzene rings is 3. The number of carbonyl (C=O) groups excluding carboxylic acids is 1. The van der Waals surface area contributed by atoms with Crippen LogP contribution in [-0.2, 0) is 11.4 Å². The van der Waals surface area contributed by atoms with Crippen molar-refractivity contribution in [1.82, 2.24) is 0 Å². The van der Waals surface area contributed by atoms with Gasteiger partial charge in [-0.05, 0) is 47.5 Å². The SMILES string of the molecule is COc1cc(/C=C/C(=O)Nc2ccc(Cl)cc2Cl)ccc1OCc1ccccc1. The van der Waals surface area contributed by atoms with Gasteiger partial charge in [-0.25, -0.2) is 0 Å². The summed E-state index contributed by atoms with van der Waals surface area (Å²) in [7, 11) is 1.58. The second kappa shape index (κ2) is 10.0. The van der Waals surface area contributed by atoms with E-state index in [1.54, 1.807) is 37.5 Å². The molecule has 0 aliphatic heterocycles. The molecule has 4 nitrogen and oxygen atoms in total. The molecule has 1 amide bonds. The average Bonchev–Trinajstić information content (AvgIpc) is 2.73. The number of hydrogen-bond acceptors (Lipinski definition) is 3. The molecule has 0 saturated carbocycles. The lowest BCUT2D eigenvalue weighted by atomic mass is 10.2. The Balaban J connectivity index is 1.65. The zero-order valence-electron chi connectivity index (χ0n) is 15.7. The Kier molecular flexibility index (Phi) is 7.17.